The Morgan fingerprint density at radius 1 is 1.40 bits per heavy atom. The van der Waals surface area contributed by atoms with Crippen LogP contribution in [0.4, 0.5) is 0 Å². The van der Waals surface area contributed by atoms with E-state index in [0.717, 1.165) is 29.7 Å². The summed E-state index contributed by atoms with van der Waals surface area (Å²) in [6.07, 6.45) is 2.33. The van der Waals surface area contributed by atoms with E-state index in [-0.39, 0.29) is 5.91 Å². The van der Waals surface area contributed by atoms with Crippen molar-refractivity contribution in [3.63, 3.8) is 0 Å². The lowest BCUT2D eigenvalue weighted by Crippen LogP contribution is -2.09. The number of rotatable bonds is 1. The molecular formula is C12H12N2O. The van der Waals surface area contributed by atoms with Gasteiger partial charge in [-0.05, 0) is 25.0 Å². The van der Waals surface area contributed by atoms with Gasteiger partial charge in [0.2, 0.25) is 5.91 Å². The summed E-state index contributed by atoms with van der Waals surface area (Å²) in [5, 5.41) is 0. The first-order chi connectivity index (χ1) is 7.27. The van der Waals surface area contributed by atoms with Crippen molar-refractivity contribution in [2.24, 2.45) is 0 Å². The molecule has 2 aromatic rings. The van der Waals surface area contributed by atoms with Crippen molar-refractivity contribution in [2.45, 2.75) is 25.7 Å². The molecule has 0 radical (unpaired) electrons. The smallest absolute Gasteiger partial charge is 0.229 e. The van der Waals surface area contributed by atoms with Crippen LogP contribution in [0.1, 0.15) is 36.3 Å². The summed E-state index contributed by atoms with van der Waals surface area (Å²) in [5.74, 6) is 1.51. The SMILES string of the molecule is CC(=O)n1c(C2CC2)nc2ccccc21. The maximum atomic E-state index is 11.6. The van der Waals surface area contributed by atoms with E-state index in [0.29, 0.717) is 5.92 Å². The molecule has 1 heterocycles. The Kier molecular flexibility index (Phi) is 1.69. The maximum absolute atomic E-state index is 11.6. The van der Waals surface area contributed by atoms with E-state index in [4.69, 9.17) is 0 Å². The van der Waals surface area contributed by atoms with Crippen molar-refractivity contribution in [1.82, 2.24) is 9.55 Å². The van der Waals surface area contributed by atoms with E-state index < -0.39 is 0 Å². The zero-order valence-electron chi connectivity index (χ0n) is 8.60. The second-order valence-electron chi connectivity index (χ2n) is 4.09. The van der Waals surface area contributed by atoms with E-state index in [1.807, 2.05) is 24.3 Å². The fourth-order valence-corrected chi connectivity index (χ4v) is 1.99. The Morgan fingerprint density at radius 2 is 2.13 bits per heavy atom. The highest BCUT2D eigenvalue weighted by Gasteiger charge is 2.30. The molecule has 0 bridgehead atoms. The van der Waals surface area contributed by atoms with Gasteiger partial charge in [-0.1, -0.05) is 12.1 Å². The third-order valence-electron chi connectivity index (χ3n) is 2.84. The van der Waals surface area contributed by atoms with Gasteiger partial charge < -0.3 is 0 Å². The van der Waals surface area contributed by atoms with Crippen LogP contribution in [0.15, 0.2) is 24.3 Å². The number of carbonyl (C=O) groups excluding carboxylic acids is 1. The molecule has 0 aliphatic heterocycles. The average molecular weight is 200 g/mol. The second kappa shape index (κ2) is 2.92. The Labute approximate surface area is 87.7 Å². The van der Waals surface area contributed by atoms with Gasteiger partial charge in [0, 0.05) is 12.8 Å². The Hall–Kier alpha value is -1.64. The van der Waals surface area contributed by atoms with Crippen molar-refractivity contribution in [2.75, 3.05) is 0 Å². The van der Waals surface area contributed by atoms with E-state index in [9.17, 15) is 4.79 Å². The molecule has 1 fully saturated rings. The average Bonchev–Trinajstić information content (AvgIpc) is 2.98. The summed E-state index contributed by atoms with van der Waals surface area (Å²) < 4.78 is 1.76. The summed E-state index contributed by atoms with van der Waals surface area (Å²) >= 11 is 0. The first-order valence-corrected chi connectivity index (χ1v) is 5.25. The van der Waals surface area contributed by atoms with E-state index in [1.165, 1.54) is 0 Å². The molecule has 3 rings (SSSR count). The number of hydrogen-bond donors (Lipinski definition) is 0. The second-order valence-corrected chi connectivity index (χ2v) is 4.09. The summed E-state index contributed by atoms with van der Waals surface area (Å²) in [7, 11) is 0. The molecule has 1 aliphatic rings. The number of fused-ring (bicyclic) bond motifs is 1. The van der Waals surface area contributed by atoms with Crippen molar-refractivity contribution >= 4 is 16.9 Å². The van der Waals surface area contributed by atoms with E-state index in [1.54, 1.807) is 11.5 Å². The monoisotopic (exact) mass is 200 g/mol. The minimum Gasteiger partial charge on any atom is -0.274 e. The van der Waals surface area contributed by atoms with Gasteiger partial charge in [-0.15, -0.1) is 0 Å². The lowest BCUT2D eigenvalue weighted by Gasteiger charge is -2.02. The lowest BCUT2D eigenvalue weighted by atomic mass is 10.3. The molecule has 76 valence electrons. The summed E-state index contributed by atoms with van der Waals surface area (Å²) in [6, 6.07) is 7.81. The zero-order valence-corrected chi connectivity index (χ0v) is 8.60. The predicted octanol–water partition coefficient (Wildman–Crippen LogP) is 2.57. The molecule has 0 saturated heterocycles. The van der Waals surface area contributed by atoms with Gasteiger partial charge in [0.05, 0.1) is 11.0 Å². The van der Waals surface area contributed by atoms with Crippen LogP contribution >= 0.6 is 0 Å². The topological polar surface area (TPSA) is 34.9 Å². The molecule has 0 spiro atoms. The highest BCUT2D eigenvalue weighted by atomic mass is 16.1. The van der Waals surface area contributed by atoms with Crippen LogP contribution in [-0.2, 0) is 0 Å². The van der Waals surface area contributed by atoms with Crippen molar-refractivity contribution in [3.05, 3.63) is 30.1 Å². The minimum absolute atomic E-state index is 0.0607. The first-order valence-electron chi connectivity index (χ1n) is 5.25. The summed E-state index contributed by atoms with van der Waals surface area (Å²) in [6.45, 7) is 1.60. The Morgan fingerprint density at radius 3 is 2.80 bits per heavy atom. The van der Waals surface area contributed by atoms with Crippen molar-refractivity contribution in [1.29, 1.82) is 0 Å². The van der Waals surface area contributed by atoms with Gasteiger partial charge in [-0.2, -0.15) is 0 Å². The van der Waals surface area contributed by atoms with Gasteiger partial charge in [0.25, 0.3) is 0 Å². The van der Waals surface area contributed by atoms with Crippen LogP contribution in [0.3, 0.4) is 0 Å². The molecule has 1 aliphatic carbocycles. The number of imidazole rings is 1. The number of benzene rings is 1. The van der Waals surface area contributed by atoms with E-state index >= 15 is 0 Å². The molecule has 1 aromatic carbocycles. The van der Waals surface area contributed by atoms with Crippen LogP contribution in [-0.4, -0.2) is 15.5 Å². The molecule has 3 nitrogen and oxygen atoms in total. The Bertz CT molecular complexity index is 538. The van der Waals surface area contributed by atoms with Crippen LogP contribution in [0.25, 0.3) is 11.0 Å². The van der Waals surface area contributed by atoms with Crippen molar-refractivity contribution < 1.29 is 4.79 Å². The quantitative estimate of drug-likeness (QED) is 0.709. The molecule has 0 amide bonds. The van der Waals surface area contributed by atoms with Crippen LogP contribution in [0.5, 0.6) is 0 Å². The van der Waals surface area contributed by atoms with Gasteiger partial charge in [0.15, 0.2) is 0 Å². The van der Waals surface area contributed by atoms with Gasteiger partial charge in [-0.25, -0.2) is 4.98 Å². The summed E-state index contributed by atoms with van der Waals surface area (Å²) in [4.78, 5) is 16.1. The number of hydrogen-bond acceptors (Lipinski definition) is 2. The molecule has 0 atom stereocenters. The molecule has 15 heavy (non-hydrogen) atoms. The van der Waals surface area contributed by atoms with Gasteiger partial charge in [-0.3, -0.25) is 9.36 Å². The molecule has 0 unspecified atom stereocenters. The van der Waals surface area contributed by atoms with Gasteiger partial charge in [0.1, 0.15) is 5.82 Å². The molecule has 0 N–H and O–H groups in total. The predicted molar refractivity (Wildman–Crippen MR) is 58.0 cm³/mol. The lowest BCUT2D eigenvalue weighted by molar-refractivity contribution is 0.0938. The fourth-order valence-electron chi connectivity index (χ4n) is 1.99. The minimum atomic E-state index is 0.0607. The number of aromatic nitrogens is 2. The van der Waals surface area contributed by atoms with Crippen LogP contribution in [0, 0.1) is 0 Å². The number of nitrogens with zero attached hydrogens (tertiary/aromatic N) is 2. The zero-order chi connectivity index (χ0) is 10.4. The largest absolute Gasteiger partial charge is 0.274 e. The standard InChI is InChI=1S/C12H12N2O/c1-8(15)14-11-5-3-2-4-10(11)13-12(14)9-6-7-9/h2-5,9H,6-7H2,1H3. The molecule has 1 aromatic heterocycles. The molecule has 3 heteroatoms. The van der Waals surface area contributed by atoms with Crippen LogP contribution < -0.4 is 0 Å². The highest BCUT2D eigenvalue weighted by molar-refractivity contribution is 5.90. The summed E-state index contributed by atoms with van der Waals surface area (Å²) in [5.41, 5.74) is 1.86. The third kappa shape index (κ3) is 1.27. The Balaban J connectivity index is 2.33. The maximum Gasteiger partial charge on any atom is 0.229 e. The van der Waals surface area contributed by atoms with E-state index in [2.05, 4.69) is 4.98 Å². The van der Waals surface area contributed by atoms with Crippen molar-refractivity contribution in [3.8, 4) is 0 Å². The molecule has 1 saturated carbocycles. The highest BCUT2D eigenvalue weighted by Crippen LogP contribution is 2.40. The normalized spacial score (nSPS) is 15.8. The van der Waals surface area contributed by atoms with Crippen LogP contribution in [0.2, 0.25) is 0 Å². The first kappa shape index (κ1) is 8.65. The fraction of sp³-hybridized carbons (Fsp3) is 0.333. The third-order valence-corrected chi connectivity index (χ3v) is 2.84. The number of carbonyl (C=O) groups is 1. The molecular weight excluding hydrogens is 188 g/mol. The number of para-hydroxylation sites is 2. The van der Waals surface area contributed by atoms with Gasteiger partial charge >= 0.3 is 0 Å².